The monoisotopic (exact) mass is 379 g/mol. The summed E-state index contributed by atoms with van der Waals surface area (Å²) in [5, 5.41) is 2.94. The van der Waals surface area contributed by atoms with E-state index in [1.807, 2.05) is 42.5 Å². The Morgan fingerprint density at radius 1 is 1.18 bits per heavy atom. The van der Waals surface area contributed by atoms with Gasteiger partial charge in [-0.1, -0.05) is 12.1 Å². The van der Waals surface area contributed by atoms with Gasteiger partial charge in [-0.05, 0) is 55.2 Å². The average molecular weight is 379 g/mol. The van der Waals surface area contributed by atoms with Crippen LogP contribution in [0.1, 0.15) is 35.2 Å². The number of carbonyl (C=O) groups is 2. The molecule has 1 fully saturated rings. The average Bonchev–Trinajstić information content (AvgIpc) is 2.75. The van der Waals surface area contributed by atoms with Crippen molar-refractivity contribution in [2.75, 3.05) is 30.5 Å². The van der Waals surface area contributed by atoms with Gasteiger partial charge in [0.15, 0.2) is 0 Å². The molecule has 28 heavy (non-hydrogen) atoms. The second-order valence-electron chi connectivity index (χ2n) is 7.34. The first-order valence-corrected chi connectivity index (χ1v) is 9.68. The number of anilines is 2. The minimum absolute atomic E-state index is 0.0704. The van der Waals surface area contributed by atoms with Crippen LogP contribution in [0.4, 0.5) is 11.4 Å². The summed E-state index contributed by atoms with van der Waals surface area (Å²) in [4.78, 5) is 29.3. The number of likely N-dealkylation sites (N-methyl/N-ethyl adjacent to an activating group) is 1. The van der Waals surface area contributed by atoms with Crippen LogP contribution in [0.3, 0.4) is 0 Å². The molecule has 2 aromatic carbocycles. The number of nitrogens with one attached hydrogen (secondary N) is 1. The lowest BCUT2D eigenvalue weighted by Crippen LogP contribution is -2.54. The normalized spacial score (nSPS) is 18.4. The lowest BCUT2D eigenvalue weighted by atomic mass is 9.96. The van der Waals surface area contributed by atoms with Crippen molar-refractivity contribution in [2.24, 2.45) is 0 Å². The number of fused-ring (bicyclic) bond motifs is 3. The van der Waals surface area contributed by atoms with Crippen LogP contribution in [-0.2, 0) is 11.3 Å². The molecule has 1 atom stereocenters. The van der Waals surface area contributed by atoms with Crippen LogP contribution in [0.15, 0.2) is 42.5 Å². The molecule has 0 spiro atoms. The van der Waals surface area contributed by atoms with E-state index < -0.39 is 0 Å². The highest BCUT2D eigenvalue weighted by Crippen LogP contribution is 2.39. The number of carbonyl (C=O) groups excluding carboxylic acids is 2. The Balaban J connectivity index is 1.53. The van der Waals surface area contributed by atoms with E-state index >= 15 is 0 Å². The van der Waals surface area contributed by atoms with Crippen LogP contribution in [0.5, 0.6) is 5.75 Å². The fourth-order valence-electron chi connectivity index (χ4n) is 4.06. The van der Waals surface area contributed by atoms with Gasteiger partial charge in [-0.25, -0.2) is 0 Å². The predicted molar refractivity (Wildman–Crippen MR) is 109 cm³/mol. The van der Waals surface area contributed by atoms with E-state index in [0.29, 0.717) is 12.1 Å². The third kappa shape index (κ3) is 3.30. The number of nitrogens with zero attached hydrogens (tertiary/aromatic N) is 2. The lowest BCUT2D eigenvalue weighted by molar-refractivity contribution is -0.120. The first kappa shape index (κ1) is 18.3. The number of rotatable bonds is 4. The van der Waals surface area contributed by atoms with Crippen LogP contribution in [0.25, 0.3) is 0 Å². The number of ether oxygens (including phenoxy) is 1. The maximum absolute atomic E-state index is 12.7. The molecular weight excluding hydrogens is 354 g/mol. The van der Waals surface area contributed by atoms with Crippen molar-refractivity contribution < 1.29 is 14.3 Å². The van der Waals surface area contributed by atoms with Crippen molar-refractivity contribution in [3.8, 4) is 5.75 Å². The smallest absolute Gasteiger partial charge is 0.251 e. The third-order valence-electron chi connectivity index (χ3n) is 5.61. The Bertz CT molecular complexity index is 912. The highest BCUT2D eigenvalue weighted by molar-refractivity contribution is 6.07. The molecule has 6 nitrogen and oxygen atoms in total. The fraction of sp³-hybridized carbons (Fsp3) is 0.364. The highest BCUT2D eigenvalue weighted by atomic mass is 16.5. The molecule has 2 aliphatic rings. The largest absolute Gasteiger partial charge is 0.497 e. The van der Waals surface area contributed by atoms with Gasteiger partial charge in [-0.3, -0.25) is 9.59 Å². The summed E-state index contributed by atoms with van der Waals surface area (Å²) in [6.45, 7) is 1.30. The molecule has 6 heteroatoms. The van der Waals surface area contributed by atoms with E-state index in [2.05, 4.69) is 10.2 Å². The topological polar surface area (TPSA) is 61.9 Å². The van der Waals surface area contributed by atoms with E-state index in [4.69, 9.17) is 4.74 Å². The molecule has 1 N–H and O–H groups in total. The summed E-state index contributed by atoms with van der Waals surface area (Å²) in [5.74, 6) is 0.713. The van der Waals surface area contributed by atoms with Gasteiger partial charge in [0, 0.05) is 25.7 Å². The van der Waals surface area contributed by atoms with Gasteiger partial charge in [0.05, 0.1) is 18.5 Å². The summed E-state index contributed by atoms with van der Waals surface area (Å²) >= 11 is 0. The van der Waals surface area contributed by atoms with Crippen molar-refractivity contribution in [1.29, 1.82) is 0 Å². The molecule has 2 aromatic rings. The molecule has 0 aromatic heterocycles. The summed E-state index contributed by atoms with van der Waals surface area (Å²) in [6, 6.07) is 13.2. The zero-order chi connectivity index (χ0) is 19.7. The molecular formula is C22H25N3O3. The standard InChI is InChI=1S/C22H25N3O3/c1-24-20-13-16(21(26)23-14-15-6-5-7-17(12-15)28-2)9-10-18(20)25-11-4-3-8-19(25)22(24)27/h5-7,9-10,12-13,19H,3-4,8,11,14H2,1-2H3,(H,23,26). The van der Waals surface area contributed by atoms with Crippen LogP contribution in [0, 0.1) is 0 Å². The van der Waals surface area contributed by atoms with Gasteiger partial charge in [-0.15, -0.1) is 0 Å². The Labute approximate surface area is 165 Å². The molecule has 4 rings (SSSR count). The molecule has 2 heterocycles. The molecule has 0 radical (unpaired) electrons. The minimum atomic E-state index is -0.160. The number of methoxy groups -OCH3 is 1. The summed E-state index contributed by atoms with van der Waals surface area (Å²) < 4.78 is 5.22. The van der Waals surface area contributed by atoms with E-state index in [-0.39, 0.29) is 17.9 Å². The maximum atomic E-state index is 12.7. The molecule has 0 aliphatic carbocycles. The number of benzene rings is 2. The zero-order valence-electron chi connectivity index (χ0n) is 16.3. The van der Waals surface area contributed by atoms with Gasteiger partial charge >= 0.3 is 0 Å². The number of hydrogen-bond acceptors (Lipinski definition) is 4. The molecule has 2 aliphatic heterocycles. The highest BCUT2D eigenvalue weighted by Gasteiger charge is 2.37. The summed E-state index contributed by atoms with van der Waals surface area (Å²) in [7, 11) is 3.42. The van der Waals surface area contributed by atoms with Crippen molar-refractivity contribution >= 4 is 23.2 Å². The van der Waals surface area contributed by atoms with Crippen molar-refractivity contribution in [1.82, 2.24) is 5.32 Å². The fourth-order valence-corrected chi connectivity index (χ4v) is 4.06. The first-order valence-electron chi connectivity index (χ1n) is 9.68. The zero-order valence-corrected chi connectivity index (χ0v) is 16.3. The molecule has 0 saturated carbocycles. The molecule has 1 saturated heterocycles. The van der Waals surface area contributed by atoms with Gasteiger partial charge < -0.3 is 19.9 Å². The Hall–Kier alpha value is -3.02. The SMILES string of the molecule is COc1cccc(CNC(=O)c2ccc3c(c2)N(C)C(=O)C2CCCCN32)c1. The number of piperidine rings is 1. The van der Waals surface area contributed by atoms with Crippen LogP contribution < -0.4 is 19.9 Å². The van der Waals surface area contributed by atoms with Crippen LogP contribution in [0.2, 0.25) is 0 Å². The van der Waals surface area contributed by atoms with E-state index in [9.17, 15) is 9.59 Å². The van der Waals surface area contributed by atoms with Crippen LogP contribution in [-0.4, -0.2) is 38.6 Å². The molecule has 2 amide bonds. The van der Waals surface area contributed by atoms with E-state index in [1.54, 1.807) is 19.1 Å². The summed E-state index contributed by atoms with van der Waals surface area (Å²) in [6.07, 6.45) is 3.07. The first-order chi connectivity index (χ1) is 13.6. The number of hydrogen-bond donors (Lipinski definition) is 1. The maximum Gasteiger partial charge on any atom is 0.251 e. The predicted octanol–water partition coefficient (Wildman–Crippen LogP) is 2.96. The van der Waals surface area contributed by atoms with Gasteiger partial charge in [0.25, 0.3) is 5.91 Å². The quantitative estimate of drug-likeness (QED) is 0.887. The van der Waals surface area contributed by atoms with E-state index in [1.165, 1.54) is 0 Å². The van der Waals surface area contributed by atoms with Crippen molar-refractivity contribution in [2.45, 2.75) is 31.8 Å². The Morgan fingerprint density at radius 3 is 2.86 bits per heavy atom. The number of amides is 2. The van der Waals surface area contributed by atoms with Crippen LogP contribution >= 0.6 is 0 Å². The minimum Gasteiger partial charge on any atom is -0.497 e. The van der Waals surface area contributed by atoms with E-state index in [0.717, 1.165) is 48.5 Å². The lowest BCUT2D eigenvalue weighted by Gasteiger charge is -2.44. The molecule has 0 bridgehead atoms. The Morgan fingerprint density at radius 2 is 2.04 bits per heavy atom. The Kier molecular flexibility index (Phi) is 4.94. The second-order valence-corrected chi connectivity index (χ2v) is 7.34. The summed E-state index contributed by atoms with van der Waals surface area (Å²) in [5.41, 5.74) is 3.36. The third-order valence-corrected chi connectivity index (χ3v) is 5.61. The van der Waals surface area contributed by atoms with Gasteiger partial charge in [-0.2, -0.15) is 0 Å². The molecule has 146 valence electrons. The van der Waals surface area contributed by atoms with Crippen molar-refractivity contribution in [3.63, 3.8) is 0 Å². The van der Waals surface area contributed by atoms with Crippen molar-refractivity contribution in [3.05, 3.63) is 53.6 Å². The van der Waals surface area contributed by atoms with Gasteiger partial charge in [0.2, 0.25) is 5.91 Å². The molecule has 1 unspecified atom stereocenters. The van der Waals surface area contributed by atoms with Gasteiger partial charge in [0.1, 0.15) is 11.8 Å². The second kappa shape index (κ2) is 7.54.